The molecule has 2 aromatic carbocycles. The summed E-state index contributed by atoms with van der Waals surface area (Å²) in [5.41, 5.74) is -0.767. The van der Waals surface area contributed by atoms with Crippen LogP contribution < -0.4 is 14.8 Å². The predicted molar refractivity (Wildman–Crippen MR) is 150 cm³/mol. The molecular weight excluding hydrogens is 508 g/mol. The summed E-state index contributed by atoms with van der Waals surface area (Å²) in [6.07, 6.45) is 5.39. The minimum atomic E-state index is -1.57. The van der Waals surface area contributed by atoms with Crippen molar-refractivity contribution in [1.82, 2.24) is 10.2 Å². The monoisotopic (exact) mass is 548 g/mol. The molecule has 214 valence electrons. The number of carboxylic acids is 1. The third kappa shape index (κ3) is 4.87. The maximum absolute atomic E-state index is 14.1. The molecule has 8 heteroatoms. The number of para-hydroxylation sites is 1. The van der Waals surface area contributed by atoms with Gasteiger partial charge in [-0.15, -0.1) is 0 Å². The second-order valence-electron chi connectivity index (χ2n) is 12.4. The smallest absolute Gasteiger partial charge is 0.324 e. The fraction of sp³-hybridized carbons (Fsp3) is 0.531. The van der Waals surface area contributed by atoms with Gasteiger partial charge in [-0.2, -0.15) is 0 Å². The Morgan fingerprint density at radius 1 is 1.02 bits per heavy atom. The van der Waals surface area contributed by atoms with E-state index in [0.717, 1.165) is 37.7 Å². The van der Waals surface area contributed by atoms with Gasteiger partial charge in [0.1, 0.15) is 12.1 Å². The SMILES string of the molecule is COc1cccc(C2NC(CC3CCCCC3)(C(=O)O)C3C(=O)N(C(C)(C)C)C(=O)C23)c1OCc1ccccc1. The number of ether oxygens (including phenoxy) is 2. The number of hydrogen-bond donors (Lipinski definition) is 2. The van der Waals surface area contributed by atoms with Crippen molar-refractivity contribution >= 4 is 17.8 Å². The van der Waals surface area contributed by atoms with Crippen molar-refractivity contribution in [3.63, 3.8) is 0 Å². The molecule has 8 nitrogen and oxygen atoms in total. The van der Waals surface area contributed by atoms with Crippen molar-refractivity contribution in [3.05, 3.63) is 59.7 Å². The molecule has 0 aromatic heterocycles. The van der Waals surface area contributed by atoms with Crippen molar-refractivity contribution in [2.24, 2.45) is 17.8 Å². The minimum Gasteiger partial charge on any atom is -0.493 e. The van der Waals surface area contributed by atoms with Gasteiger partial charge in [-0.1, -0.05) is 74.6 Å². The van der Waals surface area contributed by atoms with Gasteiger partial charge in [0, 0.05) is 17.1 Å². The molecule has 2 aromatic rings. The van der Waals surface area contributed by atoms with Crippen LogP contribution >= 0.6 is 0 Å². The largest absolute Gasteiger partial charge is 0.493 e. The molecule has 2 aliphatic heterocycles. The van der Waals surface area contributed by atoms with Crippen LogP contribution in [0, 0.1) is 17.8 Å². The summed E-state index contributed by atoms with van der Waals surface area (Å²) < 4.78 is 12.0. The van der Waals surface area contributed by atoms with E-state index in [4.69, 9.17) is 9.47 Å². The Bertz CT molecular complexity index is 1270. The quantitative estimate of drug-likeness (QED) is 0.442. The molecule has 2 saturated heterocycles. The van der Waals surface area contributed by atoms with Gasteiger partial charge in [0.15, 0.2) is 11.5 Å². The maximum atomic E-state index is 14.1. The van der Waals surface area contributed by atoms with E-state index >= 15 is 0 Å². The predicted octanol–water partition coefficient (Wildman–Crippen LogP) is 5.11. The molecule has 2 N–H and O–H groups in total. The second kappa shape index (κ2) is 10.9. The van der Waals surface area contributed by atoms with Gasteiger partial charge in [-0.05, 0) is 44.7 Å². The van der Waals surface area contributed by atoms with Crippen molar-refractivity contribution in [2.45, 2.75) is 83.0 Å². The van der Waals surface area contributed by atoms with Gasteiger partial charge in [0.25, 0.3) is 0 Å². The molecule has 0 spiro atoms. The number of carbonyl (C=O) groups excluding carboxylic acids is 2. The van der Waals surface area contributed by atoms with Crippen molar-refractivity contribution < 1.29 is 29.0 Å². The average molecular weight is 549 g/mol. The van der Waals surface area contributed by atoms with Crippen molar-refractivity contribution in [3.8, 4) is 11.5 Å². The van der Waals surface area contributed by atoms with Gasteiger partial charge in [0.05, 0.1) is 18.9 Å². The van der Waals surface area contributed by atoms with Crippen molar-refractivity contribution in [2.75, 3.05) is 7.11 Å². The zero-order chi connectivity index (χ0) is 28.7. The summed E-state index contributed by atoms with van der Waals surface area (Å²) in [5.74, 6) is -2.64. The minimum absolute atomic E-state index is 0.169. The van der Waals surface area contributed by atoms with Crippen LogP contribution in [0.4, 0.5) is 0 Å². The Morgan fingerprint density at radius 3 is 2.35 bits per heavy atom. The fourth-order valence-electron chi connectivity index (χ4n) is 7.07. The van der Waals surface area contributed by atoms with Gasteiger partial charge in [-0.3, -0.25) is 24.6 Å². The Balaban J connectivity index is 1.61. The molecule has 0 bridgehead atoms. The Labute approximate surface area is 236 Å². The number of benzene rings is 2. The highest BCUT2D eigenvalue weighted by atomic mass is 16.5. The third-order valence-electron chi connectivity index (χ3n) is 8.83. The van der Waals surface area contributed by atoms with E-state index in [2.05, 4.69) is 5.32 Å². The number of fused-ring (bicyclic) bond motifs is 1. The lowest BCUT2D eigenvalue weighted by Gasteiger charge is -2.37. The molecule has 4 atom stereocenters. The van der Waals surface area contributed by atoms with Crippen LogP contribution in [0.5, 0.6) is 11.5 Å². The number of rotatable bonds is 8. The Hall–Kier alpha value is -3.39. The molecule has 1 aliphatic carbocycles. The Kier molecular flexibility index (Phi) is 7.66. The zero-order valence-electron chi connectivity index (χ0n) is 23.8. The maximum Gasteiger partial charge on any atom is 0.324 e. The zero-order valence-corrected chi connectivity index (χ0v) is 23.8. The van der Waals surface area contributed by atoms with E-state index in [1.807, 2.05) is 63.2 Å². The van der Waals surface area contributed by atoms with E-state index in [0.29, 0.717) is 23.5 Å². The number of amides is 2. The molecular formula is C32H40N2O6. The average Bonchev–Trinajstić information content (AvgIpc) is 3.41. The van der Waals surface area contributed by atoms with Crippen LogP contribution in [0.1, 0.15) is 76.5 Å². The summed E-state index contributed by atoms with van der Waals surface area (Å²) in [5, 5.41) is 14.2. The molecule has 0 radical (unpaired) electrons. The van der Waals surface area contributed by atoms with Crippen LogP contribution in [-0.4, -0.2) is 46.0 Å². The number of likely N-dealkylation sites (tertiary alicyclic amines) is 1. The molecule has 5 rings (SSSR count). The third-order valence-corrected chi connectivity index (χ3v) is 8.83. The number of hydrogen-bond acceptors (Lipinski definition) is 6. The number of imide groups is 1. The molecule has 3 aliphatic rings. The molecule has 40 heavy (non-hydrogen) atoms. The first kappa shape index (κ1) is 28.1. The summed E-state index contributed by atoms with van der Waals surface area (Å²) in [7, 11) is 1.55. The Morgan fingerprint density at radius 2 is 1.73 bits per heavy atom. The normalized spacial score (nSPS) is 27.1. The van der Waals surface area contributed by atoms with Gasteiger partial charge < -0.3 is 14.6 Å². The number of nitrogens with one attached hydrogen (secondary N) is 1. The number of methoxy groups -OCH3 is 1. The molecule has 2 heterocycles. The van der Waals surface area contributed by atoms with Crippen LogP contribution in [0.3, 0.4) is 0 Å². The van der Waals surface area contributed by atoms with Crippen LogP contribution in [-0.2, 0) is 21.0 Å². The van der Waals surface area contributed by atoms with Crippen LogP contribution in [0.25, 0.3) is 0 Å². The lowest BCUT2D eigenvalue weighted by atomic mass is 9.72. The molecule has 1 saturated carbocycles. The summed E-state index contributed by atoms with van der Waals surface area (Å²) in [4.78, 5) is 42.7. The van der Waals surface area contributed by atoms with Gasteiger partial charge in [-0.25, -0.2) is 0 Å². The molecule has 4 unspecified atom stereocenters. The topological polar surface area (TPSA) is 105 Å². The molecule has 2 amide bonds. The van der Waals surface area contributed by atoms with E-state index < -0.39 is 40.8 Å². The lowest BCUT2D eigenvalue weighted by Crippen LogP contribution is -2.58. The highest BCUT2D eigenvalue weighted by Crippen LogP contribution is 2.55. The van der Waals surface area contributed by atoms with Crippen molar-refractivity contribution in [1.29, 1.82) is 0 Å². The standard InChI is InChI=1S/C32H40N2O6/c1-31(2,3)34-28(35)24-25(29(34)36)32(30(37)38,18-20-12-7-5-8-13-20)33-26(24)22-16-11-17-23(39-4)27(22)40-19-21-14-9-6-10-15-21/h6,9-11,14-17,20,24-26,33H,5,7-8,12-13,18-19H2,1-4H3,(H,37,38). The first-order valence-corrected chi connectivity index (χ1v) is 14.3. The second-order valence-corrected chi connectivity index (χ2v) is 12.4. The first-order valence-electron chi connectivity index (χ1n) is 14.3. The number of carbonyl (C=O) groups is 3. The summed E-state index contributed by atoms with van der Waals surface area (Å²) >= 11 is 0. The van der Waals surface area contributed by atoms with Crippen LogP contribution in [0.15, 0.2) is 48.5 Å². The first-order chi connectivity index (χ1) is 19.1. The number of carboxylic acid groups (broad SMARTS) is 1. The fourth-order valence-corrected chi connectivity index (χ4v) is 7.07. The van der Waals surface area contributed by atoms with E-state index in [1.165, 1.54) is 4.90 Å². The summed E-state index contributed by atoms with van der Waals surface area (Å²) in [6, 6.07) is 14.4. The summed E-state index contributed by atoms with van der Waals surface area (Å²) in [6.45, 7) is 5.71. The number of nitrogens with zero attached hydrogens (tertiary/aromatic N) is 1. The molecule has 3 fully saturated rings. The highest BCUT2D eigenvalue weighted by molar-refractivity contribution is 6.10. The lowest BCUT2D eigenvalue weighted by molar-refractivity contribution is -0.154. The number of aliphatic carboxylic acids is 1. The van der Waals surface area contributed by atoms with Gasteiger partial charge >= 0.3 is 5.97 Å². The van der Waals surface area contributed by atoms with E-state index in [1.54, 1.807) is 13.2 Å². The van der Waals surface area contributed by atoms with Crippen LogP contribution in [0.2, 0.25) is 0 Å². The van der Waals surface area contributed by atoms with Gasteiger partial charge in [0.2, 0.25) is 11.8 Å². The van der Waals surface area contributed by atoms with E-state index in [-0.39, 0.29) is 18.4 Å². The van der Waals surface area contributed by atoms with E-state index in [9.17, 15) is 19.5 Å². The highest BCUT2D eigenvalue weighted by Gasteiger charge is 2.70.